The average Bonchev–Trinajstić information content (AvgIpc) is 3.01. The van der Waals surface area contributed by atoms with E-state index in [-0.39, 0.29) is 17.7 Å². The van der Waals surface area contributed by atoms with Crippen LogP contribution < -0.4 is 0 Å². The van der Waals surface area contributed by atoms with E-state index in [0.29, 0.717) is 19.5 Å². The first-order chi connectivity index (χ1) is 12.1. The summed E-state index contributed by atoms with van der Waals surface area (Å²) in [6, 6.07) is 7.70. The van der Waals surface area contributed by atoms with Crippen molar-refractivity contribution in [2.45, 2.75) is 19.8 Å². The van der Waals surface area contributed by atoms with Crippen LogP contribution in [-0.2, 0) is 16.0 Å². The Kier molecular flexibility index (Phi) is 5.97. The fraction of sp³-hybridized carbons (Fsp3) is 0.579. The van der Waals surface area contributed by atoms with E-state index in [4.69, 9.17) is 11.6 Å². The van der Waals surface area contributed by atoms with Crippen LogP contribution in [0.3, 0.4) is 0 Å². The molecule has 2 fully saturated rings. The van der Waals surface area contributed by atoms with Crippen LogP contribution >= 0.6 is 11.6 Å². The molecule has 5 nitrogen and oxygen atoms in total. The van der Waals surface area contributed by atoms with Gasteiger partial charge in [-0.25, -0.2) is 0 Å². The third kappa shape index (κ3) is 4.53. The first-order valence-corrected chi connectivity index (χ1v) is 9.48. The molecule has 25 heavy (non-hydrogen) atoms. The Morgan fingerprint density at radius 2 is 1.84 bits per heavy atom. The maximum atomic E-state index is 12.7. The molecule has 1 atom stereocenters. The monoisotopic (exact) mass is 363 g/mol. The summed E-state index contributed by atoms with van der Waals surface area (Å²) in [4.78, 5) is 31.1. The van der Waals surface area contributed by atoms with Crippen LogP contribution in [0.1, 0.15) is 18.9 Å². The van der Waals surface area contributed by atoms with Gasteiger partial charge in [0.1, 0.15) is 0 Å². The van der Waals surface area contributed by atoms with Gasteiger partial charge in [-0.2, -0.15) is 0 Å². The molecule has 2 heterocycles. The van der Waals surface area contributed by atoms with Crippen molar-refractivity contribution < 1.29 is 9.59 Å². The molecule has 0 spiro atoms. The number of piperazine rings is 1. The first-order valence-electron chi connectivity index (χ1n) is 9.10. The number of likely N-dealkylation sites (N-methyl/N-ethyl adjacent to an activating group) is 1. The highest BCUT2D eigenvalue weighted by atomic mass is 35.5. The number of carbonyl (C=O) groups excluding carboxylic acids is 2. The lowest BCUT2D eigenvalue weighted by atomic mass is 10.1. The summed E-state index contributed by atoms with van der Waals surface area (Å²) in [5.41, 5.74) is 1.16. The molecule has 2 aliphatic heterocycles. The Bertz CT molecular complexity index is 612. The van der Waals surface area contributed by atoms with Crippen molar-refractivity contribution in [3.63, 3.8) is 0 Å². The van der Waals surface area contributed by atoms with E-state index in [1.54, 1.807) is 0 Å². The topological polar surface area (TPSA) is 43.9 Å². The van der Waals surface area contributed by atoms with E-state index in [2.05, 4.69) is 11.8 Å². The Morgan fingerprint density at radius 1 is 1.16 bits per heavy atom. The SMILES string of the molecule is CCN1CCN(C(=O)C2CC(=O)N(CCc3ccc(Cl)cc3)C2)CC1. The van der Waals surface area contributed by atoms with E-state index in [1.165, 1.54) is 0 Å². The van der Waals surface area contributed by atoms with Gasteiger partial charge in [-0.15, -0.1) is 0 Å². The molecule has 1 unspecified atom stereocenters. The largest absolute Gasteiger partial charge is 0.342 e. The highest BCUT2D eigenvalue weighted by Gasteiger charge is 2.36. The zero-order valence-corrected chi connectivity index (χ0v) is 15.5. The molecule has 0 aliphatic carbocycles. The second kappa shape index (κ2) is 8.19. The molecule has 0 saturated carbocycles. The Labute approximate surface area is 154 Å². The Balaban J connectivity index is 1.50. The fourth-order valence-corrected chi connectivity index (χ4v) is 3.74. The zero-order chi connectivity index (χ0) is 17.8. The number of amides is 2. The van der Waals surface area contributed by atoms with Gasteiger partial charge >= 0.3 is 0 Å². The predicted octanol–water partition coefficient (Wildman–Crippen LogP) is 1.90. The van der Waals surface area contributed by atoms with Crippen molar-refractivity contribution >= 4 is 23.4 Å². The number of likely N-dealkylation sites (tertiary alicyclic amines) is 1. The summed E-state index contributed by atoms with van der Waals surface area (Å²) in [6.07, 6.45) is 1.15. The van der Waals surface area contributed by atoms with Gasteiger partial charge in [0.2, 0.25) is 11.8 Å². The predicted molar refractivity (Wildman–Crippen MR) is 98.5 cm³/mol. The molecule has 2 saturated heterocycles. The summed E-state index contributed by atoms with van der Waals surface area (Å²) < 4.78 is 0. The summed E-state index contributed by atoms with van der Waals surface area (Å²) in [5.74, 6) is 0.0727. The molecule has 0 N–H and O–H groups in total. The maximum absolute atomic E-state index is 12.7. The first kappa shape index (κ1) is 18.2. The van der Waals surface area contributed by atoms with Gasteiger partial charge in [0.25, 0.3) is 0 Å². The number of carbonyl (C=O) groups is 2. The maximum Gasteiger partial charge on any atom is 0.228 e. The van der Waals surface area contributed by atoms with Crippen molar-refractivity contribution in [3.05, 3.63) is 34.9 Å². The van der Waals surface area contributed by atoms with Crippen LogP contribution in [-0.4, -0.2) is 72.3 Å². The third-order valence-electron chi connectivity index (χ3n) is 5.28. The standard InChI is InChI=1S/C19H26ClN3O2/c1-2-21-9-11-22(12-10-21)19(25)16-13-18(24)23(14-16)8-7-15-3-5-17(20)6-4-15/h3-6,16H,2,7-14H2,1H3. The number of benzene rings is 1. The van der Waals surface area contributed by atoms with Crippen molar-refractivity contribution in [1.82, 2.24) is 14.7 Å². The van der Waals surface area contributed by atoms with E-state index in [1.807, 2.05) is 34.1 Å². The minimum atomic E-state index is -0.175. The molecule has 6 heteroatoms. The lowest BCUT2D eigenvalue weighted by molar-refractivity contribution is -0.137. The lowest BCUT2D eigenvalue weighted by Crippen LogP contribution is -2.50. The van der Waals surface area contributed by atoms with Crippen LogP contribution in [0.4, 0.5) is 0 Å². The van der Waals surface area contributed by atoms with Crippen molar-refractivity contribution in [3.8, 4) is 0 Å². The molecule has 1 aromatic rings. The van der Waals surface area contributed by atoms with Crippen LogP contribution in [0.2, 0.25) is 5.02 Å². The van der Waals surface area contributed by atoms with Crippen LogP contribution in [0.5, 0.6) is 0 Å². The second-order valence-electron chi connectivity index (χ2n) is 6.88. The number of hydrogen-bond donors (Lipinski definition) is 0. The molecular formula is C19H26ClN3O2. The van der Waals surface area contributed by atoms with Gasteiger partial charge in [-0.1, -0.05) is 30.7 Å². The van der Waals surface area contributed by atoms with Gasteiger partial charge in [-0.05, 0) is 30.7 Å². The van der Waals surface area contributed by atoms with E-state index in [0.717, 1.165) is 49.7 Å². The van der Waals surface area contributed by atoms with E-state index in [9.17, 15) is 9.59 Å². The molecule has 0 aromatic heterocycles. The van der Waals surface area contributed by atoms with E-state index >= 15 is 0 Å². The summed E-state index contributed by atoms with van der Waals surface area (Å²) in [6.45, 7) is 7.82. The molecule has 2 amide bonds. The number of rotatable bonds is 5. The minimum Gasteiger partial charge on any atom is -0.342 e. The van der Waals surface area contributed by atoms with Crippen molar-refractivity contribution in [2.24, 2.45) is 5.92 Å². The molecule has 2 aliphatic rings. The molecule has 3 rings (SSSR count). The van der Waals surface area contributed by atoms with Gasteiger partial charge in [0.05, 0.1) is 5.92 Å². The van der Waals surface area contributed by atoms with Gasteiger partial charge in [0, 0.05) is 50.7 Å². The molecule has 0 radical (unpaired) electrons. The van der Waals surface area contributed by atoms with E-state index < -0.39 is 0 Å². The highest BCUT2D eigenvalue weighted by Crippen LogP contribution is 2.21. The number of nitrogens with zero attached hydrogens (tertiary/aromatic N) is 3. The van der Waals surface area contributed by atoms with Gasteiger partial charge in [-0.3, -0.25) is 9.59 Å². The minimum absolute atomic E-state index is 0.0968. The Morgan fingerprint density at radius 3 is 2.48 bits per heavy atom. The van der Waals surface area contributed by atoms with Crippen LogP contribution in [0.25, 0.3) is 0 Å². The Hall–Kier alpha value is -1.59. The summed E-state index contributed by atoms with van der Waals surface area (Å²) >= 11 is 5.90. The molecule has 0 bridgehead atoms. The third-order valence-corrected chi connectivity index (χ3v) is 5.53. The second-order valence-corrected chi connectivity index (χ2v) is 7.31. The summed E-state index contributed by atoms with van der Waals surface area (Å²) in [5, 5.41) is 0.717. The average molecular weight is 364 g/mol. The lowest BCUT2D eigenvalue weighted by Gasteiger charge is -2.35. The normalized spacial score (nSPS) is 21.8. The van der Waals surface area contributed by atoms with Crippen molar-refractivity contribution in [1.29, 1.82) is 0 Å². The fourth-order valence-electron chi connectivity index (χ4n) is 3.61. The molecule has 1 aromatic carbocycles. The summed E-state index contributed by atoms with van der Waals surface area (Å²) in [7, 11) is 0. The quantitative estimate of drug-likeness (QED) is 0.802. The molecule has 136 valence electrons. The van der Waals surface area contributed by atoms with Gasteiger partial charge in [0.15, 0.2) is 0 Å². The van der Waals surface area contributed by atoms with Crippen LogP contribution in [0, 0.1) is 5.92 Å². The smallest absolute Gasteiger partial charge is 0.228 e. The van der Waals surface area contributed by atoms with Crippen LogP contribution in [0.15, 0.2) is 24.3 Å². The van der Waals surface area contributed by atoms with Gasteiger partial charge < -0.3 is 14.7 Å². The zero-order valence-electron chi connectivity index (χ0n) is 14.8. The molecular weight excluding hydrogens is 338 g/mol. The number of hydrogen-bond acceptors (Lipinski definition) is 3. The van der Waals surface area contributed by atoms with Crippen molar-refractivity contribution in [2.75, 3.05) is 45.8 Å². The number of halogens is 1. The highest BCUT2D eigenvalue weighted by molar-refractivity contribution is 6.30.